The molecule has 0 aromatic carbocycles. The highest BCUT2D eigenvalue weighted by Crippen LogP contribution is 2.06. The lowest BCUT2D eigenvalue weighted by Gasteiger charge is -2.06. The van der Waals surface area contributed by atoms with Crippen molar-refractivity contribution in [3.63, 3.8) is 0 Å². The molecule has 1 N–H and O–H groups in total. The van der Waals surface area contributed by atoms with Gasteiger partial charge in [0, 0.05) is 13.0 Å². The quantitative estimate of drug-likeness (QED) is 0.352. The number of hydrogen-bond donors (Lipinski definition) is 1. The van der Waals surface area contributed by atoms with E-state index in [9.17, 15) is 9.59 Å². The molecule has 5 heteroatoms. The van der Waals surface area contributed by atoms with E-state index >= 15 is 0 Å². The largest absolute Gasteiger partial charge is 0.466 e. The van der Waals surface area contributed by atoms with Crippen LogP contribution in [0, 0.1) is 0 Å². The molecule has 0 aromatic rings. The Balaban J connectivity index is 3.26. The summed E-state index contributed by atoms with van der Waals surface area (Å²) in [6.07, 6.45) is 10.7. The van der Waals surface area contributed by atoms with Gasteiger partial charge in [-0.2, -0.15) is 0 Å². The summed E-state index contributed by atoms with van der Waals surface area (Å²) in [6, 6.07) is 0. The number of carbonyl (C=O) groups excluding carboxylic acids is 2. The van der Waals surface area contributed by atoms with Crippen LogP contribution in [0.4, 0.5) is 4.79 Å². The van der Waals surface area contributed by atoms with E-state index in [4.69, 9.17) is 9.47 Å². The van der Waals surface area contributed by atoms with Gasteiger partial charge in [0.2, 0.25) is 0 Å². The minimum atomic E-state index is -0.356. The average Bonchev–Trinajstić information content (AvgIpc) is 2.55. The molecular weight excluding hydrogens is 294 g/mol. The number of esters is 1. The lowest BCUT2D eigenvalue weighted by atomic mass is 10.1. The predicted octanol–water partition coefficient (Wildman–Crippen LogP) is 4.59. The zero-order chi connectivity index (χ0) is 17.2. The Morgan fingerprint density at radius 2 is 1.43 bits per heavy atom. The van der Waals surface area contributed by atoms with Gasteiger partial charge in [-0.3, -0.25) is 4.79 Å². The third-order valence-corrected chi connectivity index (χ3v) is 3.53. The summed E-state index contributed by atoms with van der Waals surface area (Å²) in [6.45, 7) is 5.76. The van der Waals surface area contributed by atoms with E-state index in [-0.39, 0.29) is 12.1 Å². The second-order valence-electron chi connectivity index (χ2n) is 5.86. The number of amides is 1. The van der Waals surface area contributed by atoms with Crippen LogP contribution in [-0.4, -0.2) is 31.8 Å². The Bertz CT molecular complexity index is 295. The Labute approximate surface area is 141 Å². The maximum Gasteiger partial charge on any atom is 0.407 e. The van der Waals surface area contributed by atoms with Crippen LogP contribution in [0.25, 0.3) is 0 Å². The molecule has 1 amide bonds. The molecule has 23 heavy (non-hydrogen) atoms. The first kappa shape index (κ1) is 21.7. The number of rotatable bonds is 15. The highest BCUT2D eigenvalue weighted by atomic mass is 16.5. The van der Waals surface area contributed by atoms with Crippen LogP contribution in [0.15, 0.2) is 0 Å². The van der Waals surface area contributed by atoms with Gasteiger partial charge in [-0.15, -0.1) is 0 Å². The first-order valence-electron chi connectivity index (χ1n) is 9.27. The fourth-order valence-corrected chi connectivity index (χ4v) is 2.15. The monoisotopic (exact) mass is 329 g/mol. The molecule has 0 aliphatic carbocycles. The molecule has 0 spiro atoms. The van der Waals surface area contributed by atoms with Crippen molar-refractivity contribution in [2.45, 2.75) is 84.5 Å². The number of alkyl carbamates (subject to hydrolysis) is 1. The lowest BCUT2D eigenvalue weighted by Crippen LogP contribution is -2.25. The van der Waals surface area contributed by atoms with Crippen molar-refractivity contribution in [2.75, 3.05) is 19.8 Å². The molecule has 0 aromatic heterocycles. The molecule has 0 saturated carbocycles. The van der Waals surface area contributed by atoms with Crippen molar-refractivity contribution in [1.82, 2.24) is 5.32 Å². The zero-order valence-corrected chi connectivity index (χ0v) is 15.0. The fourth-order valence-electron chi connectivity index (χ4n) is 2.15. The molecule has 0 bridgehead atoms. The van der Waals surface area contributed by atoms with E-state index in [1.807, 2.05) is 6.92 Å². The lowest BCUT2D eigenvalue weighted by molar-refractivity contribution is -0.143. The molecule has 0 aliphatic rings. The van der Waals surface area contributed by atoms with Crippen LogP contribution in [0.5, 0.6) is 0 Å². The van der Waals surface area contributed by atoms with Crippen molar-refractivity contribution < 1.29 is 19.1 Å². The Hall–Kier alpha value is -1.26. The molecule has 0 unspecified atom stereocenters. The second-order valence-corrected chi connectivity index (χ2v) is 5.86. The predicted molar refractivity (Wildman–Crippen MR) is 92.4 cm³/mol. The van der Waals surface area contributed by atoms with Crippen LogP contribution in [0.2, 0.25) is 0 Å². The maximum atomic E-state index is 11.5. The van der Waals surface area contributed by atoms with E-state index in [1.54, 1.807) is 0 Å². The molecule has 5 nitrogen and oxygen atoms in total. The molecule has 0 radical (unpaired) electrons. The summed E-state index contributed by atoms with van der Waals surface area (Å²) < 4.78 is 10.1. The molecule has 0 fully saturated rings. The van der Waals surface area contributed by atoms with Crippen LogP contribution in [-0.2, 0) is 14.3 Å². The Morgan fingerprint density at radius 1 is 0.739 bits per heavy atom. The summed E-state index contributed by atoms with van der Waals surface area (Å²) in [5.74, 6) is -0.103. The van der Waals surface area contributed by atoms with Gasteiger partial charge in [0.25, 0.3) is 0 Å². The first-order valence-corrected chi connectivity index (χ1v) is 9.27. The van der Waals surface area contributed by atoms with Crippen molar-refractivity contribution >= 4 is 12.1 Å². The van der Waals surface area contributed by atoms with Gasteiger partial charge >= 0.3 is 12.1 Å². The second kappa shape index (κ2) is 17.1. The average molecular weight is 329 g/mol. The van der Waals surface area contributed by atoms with Gasteiger partial charge in [-0.1, -0.05) is 52.4 Å². The molecular formula is C18H35NO4. The van der Waals surface area contributed by atoms with Crippen LogP contribution in [0.3, 0.4) is 0 Å². The molecule has 136 valence electrons. The molecule has 0 aliphatic heterocycles. The number of unbranched alkanes of at least 4 members (excludes halogenated alkanes) is 7. The van der Waals surface area contributed by atoms with Crippen molar-refractivity contribution in [3.05, 3.63) is 0 Å². The number of hydrogen-bond acceptors (Lipinski definition) is 4. The Morgan fingerprint density at radius 3 is 2.17 bits per heavy atom. The van der Waals surface area contributed by atoms with Crippen molar-refractivity contribution in [1.29, 1.82) is 0 Å². The van der Waals surface area contributed by atoms with E-state index in [1.165, 1.54) is 25.7 Å². The highest BCUT2D eigenvalue weighted by molar-refractivity contribution is 5.69. The van der Waals surface area contributed by atoms with E-state index in [0.29, 0.717) is 26.2 Å². The third kappa shape index (κ3) is 16.9. The summed E-state index contributed by atoms with van der Waals surface area (Å²) in [5.41, 5.74) is 0. The zero-order valence-electron chi connectivity index (χ0n) is 15.0. The third-order valence-electron chi connectivity index (χ3n) is 3.53. The van der Waals surface area contributed by atoms with Crippen LogP contribution in [0.1, 0.15) is 84.5 Å². The molecule has 0 heterocycles. The van der Waals surface area contributed by atoms with Gasteiger partial charge < -0.3 is 14.8 Å². The smallest absolute Gasteiger partial charge is 0.407 e. The Kier molecular flexibility index (Phi) is 16.2. The molecule has 0 saturated heterocycles. The number of carbonyl (C=O) groups is 2. The van der Waals surface area contributed by atoms with Crippen LogP contribution < -0.4 is 5.32 Å². The van der Waals surface area contributed by atoms with E-state index in [0.717, 1.165) is 38.5 Å². The summed E-state index contributed by atoms with van der Waals surface area (Å²) in [7, 11) is 0. The van der Waals surface area contributed by atoms with Crippen molar-refractivity contribution in [2.24, 2.45) is 0 Å². The summed E-state index contributed by atoms with van der Waals surface area (Å²) in [5, 5.41) is 2.69. The van der Waals surface area contributed by atoms with Gasteiger partial charge in [0.15, 0.2) is 0 Å². The molecule has 0 atom stereocenters. The fraction of sp³-hybridized carbons (Fsp3) is 0.889. The minimum absolute atomic E-state index is 0.103. The summed E-state index contributed by atoms with van der Waals surface area (Å²) in [4.78, 5) is 22.7. The molecule has 0 rings (SSSR count). The minimum Gasteiger partial charge on any atom is -0.466 e. The normalized spacial score (nSPS) is 10.3. The highest BCUT2D eigenvalue weighted by Gasteiger charge is 2.03. The van der Waals surface area contributed by atoms with Gasteiger partial charge in [0.1, 0.15) is 0 Å². The topological polar surface area (TPSA) is 64.6 Å². The number of ether oxygens (including phenoxy) is 2. The van der Waals surface area contributed by atoms with Crippen molar-refractivity contribution in [3.8, 4) is 0 Å². The van der Waals surface area contributed by atoms with Gasteiger partial charge in [-0.05, 0) is 25.7 Å². The van der Waals surface area contributed by atoms with E-state index < -0.39 is 0 Å². The standard InChI is InChI=1S/C18H35NO4/c1-3-5-6-7-8-12-16-22-17(20)13-10-9-11-14-19-18(21)23-15-4-2/h3-16H2,1-2H3,(H,19,21). The first-order chi connectivity index (χ1) is 11.2. The summed E-state index contributed by atoms with van der Waals surface area (Å²) >= 11 is 0. The number of nitrogens with one attached hydrogen (secondary N) is 1. The van der Waals surface area contributed by atoms with Crippen LogP contribution >= 0.6 is 0 Å². The van der Waals surface area contributed by atoms with Gasteiger partial charge in [-0.25, -0.2) is 4.79 Å². The maximum absolute atomic E-state index is 11.5. The van der Waals surface area contributed by atoms with E-state index in [2.05, 4.69) is 12.2 Å². The SMILES string of the molecule is CCCCCCCCOC(=O)CCCCCNC(=O)OCCC. The van der Waals surface area contributed by atoms with Gasteiger partial charge in [0.05, 0.1) is 13.2 Å².